The fourth-order valence-corrected chi connectivity index (χ4v) is 0.811. The molecule has 0 aliphatic heterocycles. The van der Waals surface area contributed by atoms with Gasteiger partial charge in [-0.15, -0.1) is 25.3 Å². The van der Waals surface area contributed by atoms with Crippen molar-refractivity contribution in [1.29, 1.82) is 0 Å². The van der Waals surface area contributed by atoms with Gasteiger partial charge < -0.3 is 4.79 Å². The Bertz CT molecular complexity index is 155. The minimum absolute atomic E-state index is 0.221. The Morgan fingerprint density at radius 1 is 1.55 bits per heavy atom. The Balaban J connectivity index is 3.91. The molecule has 0 spiro atoms. The Labute approximate surface area is 77.6 Å². The van der Waals surface area contributed by atoms with Crippen molar-refractivity contribution in [2.45, 2.75) is 30.3 Å². The van der Waals surface area contributed by atoms with Crippen LogP contribution in [-0.2, 0) is 9.59 Å². The van der Waals surface area contributed by atoms with E-state index in [0.29, 0.717) is 12.7 Å². The zero-order valence-electron chi connectivity index (χ0n) is 6.41. The van der Waals surface area contributed by atoms with E-state index in [2.05, 4.69) is 25.3 Å². The van der Waals surface area contributed by atoms with E-state index in [9.17, 15) is 9.59 Å². The maximum atomic E-state index is 11.1. The summed E-state index contributed by atoms with van der Waals surface area (Å²) in [6.07, 6.45) is 2.55. The predicted molar refractivity (Wildman–Crippen MR) is 51.3 cm³/mol. The highest BCUT2D eigenvalue weighted by Gasteiger charge is 2.28. The minimum Gasteiger partial charge on any atom is -0.300 e. The molecule has 64 valence electrons. The maximum absolute atomic E-state index is 11.1. The SMILES string of the molecule is CCCCC(=O)C(S)(S)C=O. The van der Waals surface area contributed by atoms with Crippen LogP contribution in [0.2, 0.25) is 0 Å². The Hall–Kier alpha value is 0.0400. The van der Waals surface area contributed by atoms with E-state index in [1.54, 1.807) is 0 Å². The number of carbonyl (C=O) groups excluding carboxylic acids is 2. The van der Waals surface area contributed by atoms with Gasteiger partial charge >= 0.3 is 0 Å². The average molecular weight is 192 g/mol. The van der Waals surface area contributed by atoms with Gasteiger partial charge in [0.05, 0.1) is 0 Å². The summed E-state index contributed by atoms with van der Waals surface area (Å²) in [7, 11) is 0. The summed E-state index contributed by atoms with van der Waals surface area (Å²) in [5.41, 5.74) is 0. The van der Waals surface area contributed by atoms with Crippen LogP contribution in [0.4, 0.5) is 0 Å². The highest BCUT2D eigenvalue weighted by Crippen LogP contribution is 2.20. The molecule has 2 nitrogen and oxygen atoms in total. The van der Waals surface area contributed by atoms with Crippen LogP contribution in [0.15, 0.2) is 0 Å². The van der Waals surface area contributed by atoms with Crippen LogP contribution < -0.4 is 0 Å². The van der Waals surface area contributed by atoms with E-state index in [0.717, 1.165) is 12.8 Å². The molecule has 0 radical (unpaired) electrons. The molecule has 0 aromatic rings. The van der Waals surface area contributed by atoms with E-state index in [-0.39, 0.29) is 5.78 Å². The smallest absolute Gasteiger partial charge is 0.169 e. The van der Waals surface area contributed by atoms with Gasteiger partial charge in [0.15, 0.2) is 16.1 Å². The lowest BCUT2D eigenvalue weighted by molar-refractivity contribution is -0.122. The zero-order chi connectivity index (χ0) is 8.91. The average Bonchev–Trinajstić information content (AvgIpc) is 2.00. The van der Waals surface area contributed by atoms with E-state index < -0.39 is 4.08 Å². The summed E-state index contributed by atoms with van der Waals surface area (Å²) in [6.45, 7) is 1.98. The second kappa shape index (κ2) is 4.83. The van der Waals surface area contributed by atoms with Crippen molar-refractivity contribution in [3.8, 4) is 0 Å². The second-order valence-electron chi connectivity index (χ2n) is 2.37. The number of hydrogen-bond acceptors (Lipinski definition) is 4. The molecule has 0 aromatic heterocycles. The summed E-state index contributed by atoms with van der Waals surface area (Å²) >= 11 is 7.60. The van der Waals surface area contributed by atoms with Crippen LogP contribution in [0.25, 0.3) is 0 Å². The second-order valence-corrected chi connectivity index (χ2v) is 4.13. The molecule has 0 bridgehead atoms. The first-order chi connectivity index (χ1) is 5.04. The van der Waals surface area contributed by atoms with Crippen LogP contribution in [0.3, 0.4) is 0 Å². The van der Waals surface area contributed by atoms with Crippen molar-refractivity contribution in [3.63, 3.8) is 0 Å². The van der Waals surface area contributed by atoms with Crippen LogP contribution in [0.5, 0.6) is 0 Å². The standard InChI is InChI=1S/C7H12O2S2/c1-2-3-4-6(9)7(10,11)5-8/h5,10-11H,2-4H2,1H3. The molecule has 0 fully saturated rings. The first-order valence-electron chi connectivity index (χ1n) is 3.49. The van der Waals surface area contributed by atoms with Gasteiger partial charge in [-0.25, -0.2) is 0 Å². The van der Waals surface area contributed by atoms with E-state index >= 15 is 0 Å². The van der Waals surface area contributed by atoms with Gasteiger partial charge in [-0.1, -0.05) is 13.3 Å². The van der Waals surface area contributed by atoms with Crippen molar-refractivity contribution in [2.24, 2.45) is 0 Å². The predicted octanol–water partition coefficient (Wildman–Crippen LogP) is 1.50. The zero-order valence-corrected chi connectivity index (χ0v) is 8.20. The van der Waals surface area contributed by atoms with Crippen LogP contribution in [0, 0.1) is 0 Å². The number of unbranched alkanes of at least 4 members (excludes halogenated alkanes) is 1. The number of aldehydes is 1. The largest absolute Gasteiger partial charge is 0.300 e. The van der Waals surface area contributed by atoms with Gasteiger partial charge in [0.25, 0.3) is 0 Å². The van der Waals surface area contributed by atoms with E-state index in [4.69, 9.17) is 0 Å². The van der Waals surface area contributed by atoms with Crippen molar-refractivity contribution >= 4 is 37.3 Å². The summed E-state index contributed by atoms with van der Waals surface area (Å²) in [5.74, 6) is -0.221. The maximum Gasteiger partial charge on any atom is 0.169 e. The molecular formula is C7H12O2S2. The molecule has 0 aromatic carbocycles. The highest BCUT2D eigenvalue weighted by molar-refractivity contribution is 8.03. The molecule has 11 heavy (non-hydrogen) atoms. The van der Waals surface area contributed by atoms with E-state index in [1.165, 1.54) is 0 Å². The third kappa shape index (κ3) is 3.82. The molecule has 0 heterocycles. The van der Waals surface area contributed by atoms with Crippen molar-refractivity contribution in [1.82, 2.24) is 0 Å². The normalized spacial score (nSPS) is 11.2. The van der Waals surface area contributed by atoms with Gasteiger partial charge in [0, 0.05) is 6.42 Å². The first-order valence-corrected chi connectivity index (χ1v) is 4.38. The quantitative estimate of drug-likeness (QED) is 0.299. The minimum atomic E-state index is -1.38. The lowest BCUT2D eigenvalue weighted by atomic mass is 10.1. The molecule has 0 aliphatic rings. The lowest BCUT2D eigenvalue weighted by Gasteiger charge is -2.11. The Kier molecular flexibility index (Phi) is 4.84. The van der Waals surface area contributed by atoms with Gasteiger partial charge in [0.1, 0.15) is 0 Å². The fraction of sp³-hybridized carbons (Fsp3) is 0.714. The number of rotatable bonds is 5. The monoisotopic (exact) mass is 192 g/mol. The molecule has 0 atom stereocenters. The molecular weight excluding hydrogens is 180 g/mol. The molecule has 0 unspecified atom stereocenters. The number of thiol groups is 2. The van der Waals surface area contributed by atoms with Gasteiger partial charge in [-0.05, 0) is 6.42 Å². The van der Waals surface area contributed by atoms with Crippen molar-refractivity contribution < 1.29 is 9.59 Å². The number of Topliss-reactive ketones (excluding diaryl/α,β-unsaturated/α-hetero) is 1. The number of hydrogen-bond donors (Lipinski definition) is 2. The van der Waals surface area contributed by atoms with Crippen molar-refractivity contribution in [3.05, 3.63) is 0 Å². The lowest BCUT2D eigenvalue weighted by Crippen LogP contribution is -2.27. The van der Waals surface area contributed by atoms with Crippen LogP contribution >= 0.6 is 25.3 Å². The summed E-state index contributed by atoms with van der Waals surface area (Å²) in [5, 5.41) is 0. The van der Waals surface area contributed by atoms with Crippen LogP contribution in [-0.4, -0.2) is 16.1 Å². The van der Waals surface area contributed by atoms with Gasteiger partial charge in [0.2, 0.25) is 0 Å². The highest BCUT2D eigenvalue weighted by atomic mass is 32.2. The van der Waals surface area contributed by atoms with Gasteiger partial charge in [-0.2, -0.15) is 0 Å². The van der Waals surface area contributed by atoms with Gasteiger partial charge in [-0.3, -0.25) is 4.79 Å². The molecule has 0 amide bonds. The Morgan fingerprint density at radius 3 is 2.45 bits per heavy atom. The molecule has 0 saturated heterocycles. The number of carbonyl (C=O) groups is 2. The van der Waals surface area contributed by atoms with Crippen molar-refractivity contribution in [2.75, 3.05) is 0 Å². The summed E-state index contributed by atoms with van der Waals surface area (Å²) in [4.78, 5) is 21.3. The topological polar surface area (TPSA) is 34.1 Å². The first kappa shape index (κ1) is 11.0. The molecule has 4 heteroatoms. The molecule has 0 N–H and O–H groups in total. The molecule has 0 saturated carbocycles. The third-order valence-electron chi connectivity index (χ3n) is 1.33. The fourth-order valence-electron chi connectivity index (χ4n) is 0.587. The third-order valence-corrected chi connectivity index (χ3v) is 2.04. The molecule has 0 aliphatic carbocycles. The Morgan fingerprint density at radius 2 is 2.09 bits per heavy atom. The summed E-state index contributed by atoms with van der Waals surface area (Å²) in [6, 6.07) is 0. The van der Waals surface area contributed by atoms with Crippen LogP contribution in [0.1, 0.15) is 26.2 Å². The van der Waals surface area contributed by atoms with E-state index in [1.807, 2.05) is 6.92 Å². The molecule has 0 rings (SSSR count). The summed E-state index contributed by atoms with van der Waals surface area (Å²) < 4.78 is -1.38. The number of ketones is 1.